The summed E-state index contributed by atoms with van der Waals surface area (Å²) in [7, 11) is 0. The fourth-order valence-electron chi connectivity index (χ4n) is 2.70. The maximum Gasteiger partial charge on any atom is 0.245 e. The highest BCUT2D eigenvalue weighted by molar-refractivity contribution is 5.97. The van der Waals surface area contributed by atoms with Crippen molar-refractivity contribution in [2.45, 2.75) is 59.0 Å². The van der Waals surface area contributed by atoms with Gasteiger partial charge in [0.2, 0.25) is 11.8 Å². The Morgan fingerprint density at radius 3 is 2.45 bits per heavy atom. The summed E-state index contributed by atoms with van der Waals surface area (Å²) in [5.41, 5.74) is 0. The number of halogens is 1. The number of nitrogens with zero attached hydrogens (tertiary/aromatic N) is 1. The monoisotopic (exact) mass is 286 g/mol. The number of piperazine rings is 1. The van der Waals surface area contributed by atoms with Crippen LogP contribution in [-0.2, 0) is 9.59 Å². The van der Waals surface area contributed by atoms with E-state index in [0.717, 1.165) is 6.42 Å². The Bertz CT molecular complexity index is 347. The number of rotatable bonds is 7. The SMILES string of the molecule is CCC(C)C1C(=O)NC(CC(C)C)C(=O)N1CCCF. The van der Waals surface area contributed by atoms with E-state index < -0.39 is 18.8 Å². The molecule has 1 aliphatic heterocycles. The second kappa shape index (κ2) is 7.60. The number of alkyl halides is 1. The van der Waals surface area contributed by atoms with E-state index in [1.807, 2.05) is 27.7 Å². The standard InChI is InChI=1S/C15H27FN2O2/c1-5-11(4)13-14(19)17-12(9-10(2)3)15(20)18(13)8-6-7-16/h10-13H,5-9H2,1-4H3,(H,17,19). The Morgan fingerprint density at radius 2 is 1.95 bits per heavy atom. The number of hydrogen-bond acceptors (Lipinski definition) is 2. The third kappa shape index (κ3) is 3.93. The first-order valence-electron chi connectivity index (χ1n) is 7.59. The van der Waals surface area contributed by atoms with E-state index in [1.165, 1.54) is 0 Å². The molecule has 1 fully saturated rings. The Balaban J connectivity index is 2.91. The van der Waals surface area contributed by atoms with Crippen LogP contribution in [0.4, 0.5) is 4.39 Å². The molecule has 1 heterocycles. The second-order valence-electron chi connectivity index (χ2n) is 6.10. The van der Waals surface area contributed by atoms with Gasteiger partial charge in [0.1, 0.15) is 12.1 Å². The highest BCUT2D eigenvalue weighted by atomic mass is 19.1. The van der Waals surface area contributed by atoms with Crippen LogP contribution in [0.25, 0.3) is 0 Å². The highest BCUT2D eigenvalue weighted by Gasteiger charge is 2.42. The lowest BCUT2D eigenvalue weighted by molar-refractivity contribution is -0.152. The molecular formula is C15H27FN2O2. The van der Waals surface area contributed by atoms with Gasteiger partial charge in [0, 0.05) is 6.54 Å². The number of nitrogens with one attached hydrogen (secondary N) is 1. The Morgan fingerprint density at radius 1 is 1.30 bits per heavy atom. The van der Waals surface area contributed by atoms with E-state index in [0.29, 0.717) is 25.3 Å². The summed E-state index contributed by atoms with van der Waals surface area (Å²) in [4.78, 5) is 26.4. The lowest BCUT2D eigenvalue weighted by atomic mass is 9.91. The van der Waals surface area contributed by atoms with Gasteiger partial charge >= 0.3 is 0 Å². The molecule has 0 aromatic heterocycles. The Hall–Kier alpha value is -1.13. The first-order valence-corrected chi connectivity index (χ1v) is 7.59. The minimum Gasteiger partial charge on any atom is -0.342 e. The predicted molar refractivity (Wildman–Crippen MR) is 76.9 cm³/mol. The summed E-state index contributed by atoms with van der Waals surface area (Å²) in [6.45, 7) is 7.86. The zero-order chi connectivity index (χ0) is 15.3. The minimum absolute atomic E-state index is 0.0583. The van der Waals surface area contributed by atoms with Gasteiger partial charge in [0.15, 0.2) is 0 Å². The van der Waals surface area contributed by atoms with Gasteiger partial charge in [0.25, 0.3) is 0 Å². The van der Waals surface area contributed by atoms with E-state index in [4.69, 9.17) is 0 Å². The summed E-state index contributed by atoms with van der Waals surface area (Å²) in [5, 5.41) is 2.85. The molecule has 0 bridgehead atoms. The quantitative estimate of drug-likeness (QED) is 0.779. The molecule has 1 aliphatic rings. The second-order valence-corrected chi connectivity index (χ2v) is 6.10. The summed E-state index contributed by atoms with van der Waals surface area (Å²) in [5.74, 6) is 0.256. The maximum atomic E-state index is 12.5. The lowest BCUT2D eigenvalue weighted by Crippen LogP contribution is -2.65. The summed E-state index contributed by atoms with van der Waals surface area (Å²) in [6.07, 6.45) is 1.73. The van der Waals surface area contributed by atoms with E-state index in [-0.39, 0.29) is 17.7 Å². The third-order valence-electron chi connectivity index (χ3n) is 3.92. The average Bonchev–Trinajstić information content (AvgIpc) is 2.39. The first kappa shape index (κ1) is 16.9. The summed E-state index contributed by atoms with van der Waals surface area (Å²) >= 11 is 0. The third-order valence-corrected chi connectivity index (χ3v) is 3.92. The maximum absolute atomic E-state index is 12.5. The van der Waals surface area contributed by atoms with Gasteiger partial charge in [-0.3, -0.25) is 14.0 Å². The van der Waals surface area contributed by atoms with E-state index in [2.05, 4.69) is 5.32 Å². The van der Waals surface area contributed by atoms with Crippen molar-refractivity contribution in [3.8, 4) is 0 Å². The van der Waals surface area contributed by atoms with Crippen LogP contribution < -0.4 is 5.32 Å². The van der Waals surface area contributed by atoms with Gasteiger partial charge in [0.05, 0.1) is 6.67 Å². The highest BCUT2D eigenvalue weighted by Crippen LogP contribution is 2.22. The van der Waals surface area contributed by atoms with Crippen LogP contribution >= 0.6 is 0 Å². The summed E-state index contributed by atoms with van der Waals surface area (Å²) < 4.78 is 12.5. The zero-order valence-corrected chi connectivity index (χ0v) is 13.0. The fraction of sp³-hybridized carbons (Fsp3) is 0.867. The van der Waals surface area contributed by atoms with Crippen LogP contribution in [-0.4, -0.2) is 42.0 Å². The van der Waals surface area contributed by atoms with Crippen LogP contribution in [0.3, 0.4) is 0 Å². The van der Waals surface area contributed by atoms with Gasteiger partial charge < -0.3 is 10.2 Å². The number of hydrogen-bond donors (Lipinski definition) is 1. The minimum atomic E-state index is -0.465. The first-order chi connectivity index (χ1) is 9.42. The molecule has 0 aromatic carbocycles. The van der Waals surface area contributed by atoms with Crippen molar-refractivity contribution >= 4 is 11.8 Å². The van der Waals surface area contributed by atoms with Crippen LogP contribution in [0.15, 0.2) is 0 Å². The molecule has 20 heavy (non-hydrogen) atoms. The molecule has 1 saturated heterocycles. The number of carbonyl (C=O) groups is 2. The molecular weight excluding hydrogens is 259 g/mol. The molecule has 1 N–H and O–H groups in total. The van der Waals surface area contributed by atoms with Gasteiger partial charge in [-0.1, -0.05) is 34.1 Å². The van der Waals surface area contributed by atoms with Crippen molar-refractivity contribution < 1.29 is 14.0 Å². The zero-order valence-electron chi connectivity index (χ0n) is 13.0. The molecule has 0 aliphatic carbocycles. The van der Waals surface area contributed by atoms with Crippen molar-refractivity contribution in [1.29, 1.82) is 0 Å². The smallest absolute Gasteiger partial charge is 0.245 e. The molecule has 4 nitrogen and oxygen atoms in total. The lowest BCUT2D eigenvalue weighted by Gasteiger charge is -2.41. The molecule has 3 unspecified atom stereocenters. The molecule has 3 atom stereocenters. The number of carbonyl (C=O) groups excluding carboxylic acids is 2. The van der Waals surface area contributed by atoms with Crippen molar-refractivity contribution in [2.75, 3.05) is 13.2 Å². The van der Waals surface area contributed by atoms with Crippen molar-refractivity contribution in [1.82, 2.24) is 10.2 Å². The molecule has 5 heteroatoms. The molecule has 0 radical (unpaired) electrons. The normalized spacial score (nSPS) is 25.0. The Kier molecular flexibility index (Phi) is 6.43. The van der Waals surface area contributed by atoms with E-state index in [9.17, 15) is 14.0 Å². The average molecular weight is 286 g/mol. The van der Waals surface area contributed by atoms with Crippen LogP contribution in [0.1, 0.15) is 47.0 Å². The van der Waals surface area contributed by atoms with Crippen LogP contribution in [0, 0.1) is 11.8 Å². The molecule has 1 rings (SSSR count). The van der Waals surface area contributed by atoms with Crippen LogP contribution in [0.5, 0.6) is 0 Å². The van der Waals surface area contributed by atoms with Gasteiger partial charge in [-0.25, -0.2) is 0 Å². The predicted octanol–water partition coefficient (Wildman–Crippen LogP) is 2.13. The summed E-state index contributed by atoms with van der Waals surface area (Å²) in [6, 6.07) is -0.912. The van der Waals surface area contributed by atoms with Crippen molar-refractivity contribution in [2.24, 2.45) is 11.8 Å². The van der Waals surface area contributed by atoms with Crippen molar-refractivity contribution in [3.05, 3.63) is 0 Å². The molecule has 0 spiro atoms. The topological polar surface area (TPSA) is 49.4 Å². The molecule has 116 valence electrons. The Labute approximate surface area is 121 Å². The number of amides is 2. The largest absolute Gasteiger partial charge is 0.342 e. The van der Waals surface area contributed by atoms with Gasteiger partial charge in [-0.2, -0.15) is 0 Å². The molecule has 0 saturated carbocycles. The van der Waals surface area contributed by atoms with Gasteiger partial charge in [-0.05, 0) is 24.7 Å². The fourth-order valence-corrected chi connectivity index (χ4v) is 2.70. The van der Waals surface area contributed by atoms with Gasteiger partial charge in [-0.15, -0.1) is 0 Å². The van der Waals surface area contributed by atoms with E-state index >= 15 is 0 Å². The van der Waals surface area contributed by atoms with Crippen molar-refractivity contribution in [3.63, 3.8) is 0 Å². The molecule has 2 amide bonds. The molecule has 0 aromatic rings. The van der Waals surface area contributed by atoms with E-state index in [1.54, 1.807) is 4.90 Å². The van der Waals surface area contributed by atoms with Crippen LogP contribution in [0.2, 0.25) is 0 Å².